The lowest BCUT2D eigenvalue weighted by Crippen LogP contribution is -2.30. The van der Waals surface area contributed by atoms with Gasteiger partial charge in [0.25, 0.3) is 6.43 Å². The number of anilines is 1. The van der Waals surface area contributed by atoms with Gasteiger partial charge in [-0.15, -0.1) is 0 Å². The summed E-state index contributed by atoms with van der Waals surface area (Å²) in [6.45, 7) is -0.891. The van der Waals surface area contributed by atoms with Gasteiger partial charge in [0.15, 0.2) is 5.82 Å². The molecule has 0 radical (unpaired) electrons. The molecule has 0 amide bonds. The van der Waals surface area contributed by atoms with E-state index in [4.69, 9.17) is 21.3 Å². The van der Waals surface area contributed by atoms with Crippen molar-refractivity contribution in [2.75, 3.05) is 17.7 Å². The van der Waals surface area contributed by atoms with Crippen molar-refractivity contribution in [2.24, 2.45) is 4.99 Å². The van der Waals surface area contributed by atoms with E-state index in [2.05, 4.69) is 5.10 Å². The second kappa shape index (κ2) is 12.3. The highest BCUT2D eigenvalue weighted by atomic mass is 35.5. The predicted molar refractivity (Wildman–Crippen MR) is 163 cm³/mol. The maximum Gasteiger partial charge on any atom is 0.257 e. The van der Waals surface area contributed by atoms with Crippen LogP contribution in [-0.4, -0.2) is 43.7 Å². The zero-order chi connectivity index (χ0) is 29.9. The number of aliphatic imine (C=N–C) groups is 1. The number of fused-ring (bicyclic) bond motifs is 1. The molecule has 0 bridgehead atoms. The molecular weight excluding hydrogens is 582 g/mol. The van der Waals surface area contributed by atoms with Crippen LogP contribution in [0.3, 0.4) is 0 Å². The number of methoxy groups -OCH3 is 1. The Balaban J connectivity index is 1.75. The first-order chi connectivity index (χ1) is 20.2. The first-order valence-corrected chi connectivity index (χ1v) is 15.2. The van der Waals surface area contributed by atoms with Gasteiger partial charge in [0.1, 0.15) is 12.3 Å². The lowest BCUT2D eigenvalue weighted by Gasteiger charge is -2.21. The standard InChI is InChI=1S/C31H27ClF2N4O3S/c1-41-24-15-13-21(14-16-24)19-38(42(2,39)40)31-28-25(32)17-18-26(30(28)37(36-31)20-27(33)34)35-29(22-9-5-3-6-10-22)23-11-7-4-8-12-23/h3-18,27H,19-20H2,1-2H3. The van der Waals surface area contributed by atoms with Crippen LogP contribution in [0.1, 0.15) is 16.7 Å². The van der Waals surface area contributed by atoms with Crippen molar-refractivity contribution in [1.29, 1.82) is 0 Å². The van der Waals surface area contributed by atoms with Gasteiger partial charge >= 0.3 is 0 Å². The number of hydrogen-bond acceptors (Lipinski definition) is 5. The van der Waals surface area contributed by atoms with E-state index in [0.29, 0.717) is 22.7 Å². The van der Waals surface area contributed by atoms with Crippen LogP contribution in [-0.2, 0) is 23.1 Å². The lowest BCUT2D eigenvalue weighted by atomic mass is 10.0. The van der Waals surface area contributed by atoms with Crippen LogP contribution in [0.25, 0.3) is 10.9 Å². The molecule has 0 aliphatic heterocycles. The Bertz CT molecular complexity index is 1790. The van der Waals surface area contributed by atoms with Crippen LogP contribution in [0.4, 0.5) is 20.3 Å². The number of halogens is 3. The molecule has 216 valence electrons. The van der Waals surface area contributed by atoms with Crippen molar-refractivity contribution in [1.82, 2.24) is 9.78 Å². The maximum absolute atomic E-state index is 13.9. The van der Waals surface area contributed by atoms with Crippen LogP contribution in [0.15, 0.2) is 102 Å². The SMILES string of the molecule is COc1ccc(CN(c2nn(CC(F)F)c3c(N=C(c4ccccc4)c4ccccc4)ccc(Cl)c23)S(C)(=O)=O)cc1. The molecule has 0 fully saturated rings. The third-order valence-electron chi connectivity index (χ3n) is 6.56. The number of sulfonamides is 1. The van der Waals surface area contributed by atoms with E-state index in [9.17, 15) is 17.2 Å². The minimum Gasteiger partial charge on any atom is -0.497 e. The fourth-order valence-electron chi connectivity index (χ4n) is 4.63. The Morgan fingerprint density at radius 3 is 2.07 bits per heavy atom. The molecule has 11 heteroatoms. The van der Waals surface area contributed by atoms with Gasteiger partial charge in [-0.3, -0.25) is 4.68 Å². The number of hydrogen-bond donors (Lipinski definition) is 0. The molecule has 0 atom stereocenters. The van der Waals surface area contributed by atoms with Crippen molar-refractivity contribution < 1.29 is 21.9 Å². The molecule has 4 aromatic carbocycles. The third kappa shape index (κ3) is 6.29. The minimum absolute atomic E-state index is 0.0630. The van der Waals surface area contributed by atoms with E-state index in [1.807, 2.05) is 60.7 Å². The summed E-state index contributed by atoms with van der Waals surface area (Å²) in [5.41, 5.74) is 3.37. The second-order valence-electron chi connectivity index (χ2n) is 9.50. The smallest absolute Gasteiger partial charge is 0.257 e. The summed E-state index contributed by atoms with van der Waals surface area (Å²) in [7, 11) is -2.40. The fraction of sp³-hybridized carbons (Fsp3) is 0.161. The minimum atomic E-state index is -3.93. The number of rotatable bonds is 10. The fourth-order valence-corrected chi connectivity index (χ4v) is 5.69. The molecule has 1 heterocycles. The quantitative estimate of drug-likeness (QED) is 0.159. The van der Waals surface area contributed by atoms with E-state index < -0.39 is 23.0 Å². The second-order valence-corrected chi connectivity index (χ2v) is 11.8. The van der Waals surface area contributed by atoms with E-state index >= 15 is 0 Å². The van der Waals surface area contributed by atoms with Crippen molar-refractivity contribution in [3.05, 3.63) is 119 Å². The topological polar surface area (TPSA) is 76.8 Å². The van der Waals surface area contributed by atoms with Gasteiger partial charge in [-0.05, 0) is 29.8 Å². The predicted octanol–water partition coefficient (Wildman–Crippen LogP) is 7.10. The van der Waals surface area contributed by atoms with Gasteiger partial charge in [0.05, 0.1) is 47.2 Å². The van der Waals surface area contributed by atoms with Gasteiger partial charge in [-0.25, -0.2) is 26.5 Å². The van der Waals surface area contributed by atoms with Crippen molar-refractivity contribution in [3.8, 4) is 5.75 Å². The molecule has 7 nitrogen and oxygen atoms in total. The van der Waals surface area contributed by atoms with Crippen LogP contribution < -0.4 is 9.04 Å². The monoisotopic (exact) mass is 608 g/mol. The zero-order valence-electron chi connectivity index (χ0n) is 22.8. The number of alkyl halides is 2. The number of ether oxygens (including phenoxy) is 1. The Morgan fingerprint density at radius 1 is 0.952 bits per heavy atom. The molecule has 1 aromatic heterocycles. The summed E-state index contributed by atoms with van der Waals surface area (Å²) < 4.78 is 61.3. The Labute approximate surface area is 247 Å². The first-order valence-electron chi connectivity index (χ1n) is 12.9. The van der Waals surface area contributed by atoms with Gasteiger partial charge in [-0.2, -0.15) is 5.10 Å². The van der Waals surface area contributed by atoms with E-state index in [-0.39, 0.29) is 28.3 Å². The normalized spacial score (nSPS) is 11.6. The summed E-state index contributed by atoms with van der Waals surface area (Å²) in [6.07, 6.45) is -1.74. The highest BCUT2D eigenvalue weighted by Crippen LogP contribution is 2.40. The molecule has 42 heavy (non-hydrogen) atoms. The van der Waals surface area contributed by atoms with Gasteiger partial charge in [0, 0.05) is 11.1 Å². The molecule has 0 saturated carbocycles. The van der Waals surface area contributed by atoms with Crippen molar-refractivity contribution in [3.63, 3.8) is 0 Å². The van der Waals surface area contributed by atoms with Crippen LogP contribution in [0, 0.1) is 0 Å². The van der Waals surface area contributed by atoms with Gasteiger partial charge < -0.3 is 4.74 Å². The molecule has 0 unspecified atom stereocenters. The average molecular weight is 609 g/mol. The summed E-state index contributed by atoms with van der Waals surface area (Å²) in [5.74, 6) is 0.543. The average Bonchev–Trinajstić information content (AvgIpc) is 3.35. The van der Waals surface area contributed by atoms with Crippen LogP contribution in [0.2, 0.25) is 5.02 Å². The van der Waals surface area contributed by atoms with Crippen molar-refractivity contribution >= 4 is 49.7 Å². The Hall–Kier alpha value is -4.28. The Morgan fingerprint density at radius 2 is 1.55 bits per heavy atom. The lowest BCUT2D eigenvalue weighted by molar-refractivity contribution is 0.123. The molecular formula is C31H27ClF2N4O3S. The largest absolute Gasteiger partial charge is 0.497 e. The van der Waals surface area contributed by atoms with E-state index in [1.54, 1.807) is 36.4 Å². The third-order valence-corrected chi connectivity index (χ3v) is 7.98. The molecule has 5 rings (SSSR count). The zero-order valence-corrected chi connectivity index (χ0v) is 24.4. The van der Waals surface area contributed by atoms with Crippen LogP contribution >= 0.6 is 11.6 Å². The molecule has 0 saturated heterocycles. The Kier molecular flexibility index (Phi) is 8.56. The summed E-state index contributed by atoms with van der Waals surface area (Å²) in [4.78, 5) is 4.94. The molecule has 0 spiro atoms. The van der Waals surface area contributed by atoms with Crippen LogP contribution in [0.5, 0.6) is 5.75 Å². The summed E-state index contributed by atoms with van der Waals surface area (Å²) >= 11 is 6.66. The molecule has 5 aromatic rings. The van der Waals surface area contributed by atoms with Crippen molar-refractivity contribution in [2.45, 2.75) is 19.5 Å². The number of nitrogens with zero attached hydrogens (tertiary/aromatic N) is 4. The summed E-state index contributed by atoms with van der Waals surface area (Å²) in [6, 6.07) is 29.0. The van der Waals surface area contributed by atoms with E-state index in [1.165, 1.54) is 7.11 Å². The highest BCUT2D eigenvalue weighted by molar-refractivity contribution is 7.92. The molecule has 0 aliphatic rings. The van der Waals surface area contributed by atoms with Gasteiger partial charge in [0.2, 0.25) is 10.0 Å². The number of aromatic nitrogens is 2. The molecule has 0 aliphatic carbocycles. The first kappa shape index (κ1) is 29.2. The highest BCUT2D eigenvalue weighted by Gasteiger charge is 2.28. The molecule has 0 N–H and O–H groups in total. The maximum atomic E-state index is 13.9. The number of benzene rings is 4. The van der Waals surface area contributed by atoms with E-state index in [0.717, 1.165) is 26.4 Å². The van der Waals surface area contributed by atoms with Gasteiger partial charge in [-0.1, -0.05) is 84.4 Å². The summed E-state index contributed by atoms with van der Waals surface area (Å²) in [5, 5.41) is 4.77.